The molecule has 0 bridgehead atoms. The molecule has 0 saturated carbocycles. The van der Waals surface area contributed by atoms with Crippen molar-refractivity contribution in [2.75, 3.05) is 6.61 Å². The van der Waals surface area contributed by atoms with Crippen molar-refractivity contribution in [3.05, 3.63) is 33.9 Å². The molecular formula is C9H5F3N2O3. The summed E-state index contributed by atoms with van der Waals surface area (Å²) < 4.78 is 42.1. The Hall–Kier alpha value is -2.30. The molecule has 0 aliphatic rings. The Kier molecular flexibility index (Phi) is 3.52. The number of nitro groups is 1. The second kappa shape index (κ2) is 4.69. The van der Waals surface area contributed by atoms with E-state index in [9.17, 15) is 23.3 Å². The molecule has 1 aromatic carbocycles. The molecule has 90 valence electrons. The molecule has 0 spiro atoms. The minimum atomic E-state index is -4.78. The van der Waals surface area contributed by atoms with Crippen molar-refractivity contribution in [3.63, 3.8) is 0 Å². The van der Waals surface area contributed by atoms with Gasteiger partial charge in [-0.05, 0) is 6.07 Å². The Balaban J connectivity index is 3.23. The number of non-ortho nitro benzene ring substituents is 1. The lowest BCUT2D eigenvalue weighted by atomic mass is 10.1. The molecule has 17 heavy (non-hydrogen) atoms. The first kappa shape index (κ1) is 12.8. The van der Waals surface area contributed by atoms with Crippen LogP contribution in [0.2, 0.25) is 0 Å². The smallest absolute Gasteiger partial charge is 0.420 e. The number of benzene rings is 1. The highest BCUT2D eigenvalue weighted by Crippen LogP contribution is 2.38. The lowest BCUT2D eigenvalue weighted by molar-refractivity contribution is -0.385. The molecule has 0 saturated heterocycles. The van der Waals surface area contributed by atoms with E-state index in [0.717, 1.165) is 12.1 Å². The number of nitriles is 1. The molecule has 0 N–H and O–H groups in total. The summed E-state index contributed by atoms with van der Waals surface area (Å²) in [6, 6.07) is 3.57. The van der Waals surface area contributed by atoms with Crippen molar-refractivity contribution in [2.24, 2.45) is 0 Å². The van der Waals surface area contributed by atoms with Crippen molar-refractivity contribution in [2.45, 2.75) is 6.18 Å². The normalized spacial score (nSPS) is 10.7. The summed E-state index contributed by atoms with van der Waals surface area (Å²) in [6.45, 7) is -0.569. The summed E-state index contributed by atoms with van der Waals surface area (Å²) in [6.07, 6.45) is -4.78. The lowest BCUT2D eigenvalue weighted by Gasteiger charge is -2.11. The third-order valence-corrected chi connectivity index (χ3v) is 1.77. The fourth-order valence-electron chi connectivity index (χ4n) is 1.09. The first-order valence-corrected chi connectivity index (χ1v) is 4.21. The second-order valence-electron chi connectivity index (χ2n) is 2.88. The van der Waals surface area contributed by atoms with Gasteiger partial charge in [-0.3, -0.25) is 10.1 Å². The van der Waals surface area contributed by atoms with Crippen LogP contribution in [0.25, 0.3) is 0 Å². The molecule has 5 nitrogen and oxygen atoms in total. The van der Waals surface area contributed by atoms with Gasteiger partial charge in [-0.15, -0.1) is 0 Å². The minimum absolute atomic E-state index is 0.368. The average molecular weight is 246 g/mol. The van der Waals surface area contributed by atoms with Crippen molar-refractivity contribution in [1.82, 2.24) is 0 Å². The molecule has 0 heterocycles. The molecule has 0 aromatic heterocycles. The van der Waals surface area contributed by atoms with Crippen LogP contribution in [0.1, 0.15) is 5.56 Å². The molecule has 0 aliphatic heterocycles. The van der Waals surface area contributed by atoms with Gasteiger partial charge in [0.1, 0.15) is 17.4 Å². The molecule has 0 atom stereocenters. The number of ether oxygens (including phenoxy) is 1. The maximum Gasteiger partial charge on any atom is 0.420 e. The summed E-state index contributed by atoms with van der Waals surface area (Å²) in [5.41, 5.74) is -1.97. The number of hydrogen-bond acceptors (Lipinski definition) is 4. The van der Waals surface area contributed by atoms with E-state index in [1.165, 1.54) is 6.07 Å². The maximum atomic E-state index is 12.5. The van der Waals surface area contributed by atoms with Gasteiger partial charge >= 0.3 is 6.18 Å². The topological polar surface area (TPSA) is 76.2 Å². The molecule has 0 aliphatic carbocycles. The fraction of sp³-hybridized carbons (Fsp3) is 0.222. The van der Waals surface area contributed by atoms with E-state index in [-0.39, 0.29) is 0 Å². The van der Waals surface area contributed by atoms with Crippen molar-refractivity contribution in [3.8, 4) is 11.8 Å². The van der Waals surface area contributed by atoms with Crippen LogP contribution < -0.4 is 4.74 Å². The SMILES string of the molecule is N#CCOc1ccc([N+](=O)[O-])cc1C(F)(F)F. The Morgan fingerprint density at radius 2 is 2.12 bits per heavy atom. The predicted octanol–water partition coefficient (Wildman–Crippen LogP) is 2.52. The highest BCUT2D eigenvalue weighted by molar-refractivity contribution is 5.45. The lowest BCUT2D eigenvalue weighted by Crippen LogP contribution is -2.09. The van der Waals surface area contributed by atoms with Gasteiger partial charge in [0.2, 0.25) is 0 Å². The summed E-state index contributed by atoms with van der Waals surface area (Å²) >= 11 is 0. The standard InChI is InChI=1S/C9H5F3N2O3/c10-9(11,12)7-5-6(14(15)16)1-2-8(7)17-4-3-13/h1-2,5H,4H2. The van der Waals surface area contributed by atoms with E-state index in [1.807, 2.05) is 0 Å². The van der Waals surface area contributed by atoms with Gasteiger partial charge in [-0.2, -0.15) is 18.4 Å². The van der Waals surface area contributed by atoms with Gasteiger partial charge in [0.15, 0.2) is 6.61 Å². The van der Waals surface area contributed by atoms with Gasteiger partial charge in [-0.25, -0.2) is 0 Å². The molecule has 0 fully saturated rings. The fourth-order valence-corrected chi connectivity index (χ4v) is 1.09. The number of nitrogens with zero attached hydrogens (tertiary/aromatic N) is 2. The maximum absolute atomic E-state index is 12.5. The van der Waals surface area contributed by atoms with E-state index in [2.05, 4.69) is 4.74 Å². The predicted molar refractivity (Wildman–Crippen MR) is 49.2 cm³/mol. The zero-order valence-corrected chi connectivity index (χ0v) is 8.19. The van der Waals surface area contributed by atoms with Gasteiger partial charge in [-0.1, -0.05) is 0 Å². The zero-order chi connectivity index (χ0) is 13.1. The Bertz CT molecular complexity index is 479. The summed E-state index contributed by atoms with van der Waals surface area (Å²) in [4.78, 5) is 9.41. The van der Waals surface area contributed by atoms with E-state index >= 15 is 0 Å². The van der Waals surface area contributed by atoms with Crippen LogP contribution in [-0.2, 0) is 6.18 Å². The molecule has 0 unspecified atom stereocenters. The highest BCUT2D eigenvalue weighted by atomic mass is 19.4. The van der Waals surface area contributed by atoms with E-state index < -0.39 is 34.7 Å². The van der Waals surface area contributed by atoms with Crippen LogP contribution in [0.15, 0.2) is 18.2 Å². The number of halogens is 3. The van der Waals surface area contributed by atoms with Gasteiger partial charge in [0.05, 0.1) is 4.92 Å². The summed E-state index contributed by atoms with van der Waals surface area (Å²) in [7, 11) is 0. The van der Waals surface area contributed by atoms with Crippen LogP contribution in [0.4, 0.5) is 18.9 Å². The number of nitro benzene ring substituents is 1. The largest absolute Gasteiger partial charge is 0.478 e. The molecular weight excluding hydrogens is 241 g/mol. The monoisotopic (exact) mass is 246 g/mol. The third kappa shape index (κ3) is 3.07. The van der Waals surface area contributed by atoms with Gasteiger partial charge in [0, 0.05) is 12.1 Å². The van der Waals surface area contributed by atoms with Crippen LogP contribution >= 0.6 is 0 Å². The number of rotatable bonds is 3. The zero-order valence-electron chi connectivity index (χ0n) is 8.19. The minimum Gasteiger partial charge on any atom is -0.478 e. The Labute approximate surface area is 93.2 Å². The highest BCUT2D eigenvalue weighted by Gasteiger charge is 2.36. The first-order chi connectivity index (χ1) is 7.86. The molecule has 0 amide bonds. The Morgan fingerprint density at radius 1 is 1.47 bits per heavy atom. The summed E-state index contributed by atoms with van der Waals surface area (Å²) in [5, 5.41) is 18.6. The molecule has 8 heteroatoms. The molecule has 1 aromatic rings. The molecule has 0 radical (unpaired) electrons. The number of hydrogen-bond donors (Lipinski definition) is 0. The van der Waals surface area contributed by atoms with Crippen LogP contribution in [0.3, 0.4) is 0 Å². The van der Waals surface area contributed by atoms with Crippen LogP contribution in [-0.4, -0.2) is 11.5 Å². The van der Waals surface area contributed by atoms with E-state index in [0.29, 0.717) is 6.07 Å². The molecule has 1 rings (SSSR count). The number of alkyl halides is 3. The van der Waals surface area contributed by atoms with Crippen molar-refractivity contribution >= 4 is 5.69 Å². The quantitative estimate of drug-likeness (QED) is 0.606. The third-order valence-electron chi connectivity index (χ3n) is 1.77. The average Bonchev–Trinajstić information content (AvgIpc) is 2.24. The summed E-state index contributed by atoms with van der Waals surface area (Å²) in [5.74, 6) is -0.607. The van der Waals surface area contributed by atoms with Crippen LogP contribution in [0.5, 0.6) is 5.75 Å². The van der Waals surface area contributed by atoms with Gasteiger partial charge < -0.3 is 4.74 Å². The van der Waals surface area contributed by atoms with Crippen molar-refractivity contribution < 1.29 is 22.8 Å². The van der Waals surface area contributed by atoms with Crippen molar-refractivity contribution in [1.29, 1.82) is 5.26 Å². The first-order valence-electron chi connectivity index (χ1n) is 4.21. The van der Waals surface area contributed by atoms with Gasteiger partial charge in [0.25, 0.3) is 5.69 Å². The second-order valence-corrected chi connectivity index (χ2v) is 2.88. The van der Waals surface area contributed by atoms with E-state index in [1.54, 1.807) is 0 Å². The van der Waals surface area contributed by atoms with Crippen LogP contribution in [0, 0.1) is 21.4 Å². The van der Waals surface area contributed by atoms with E-state index in [4.69, 9.17) is 5.26 Å². The Morgan fingerprint density at radius 3 is 2.59 bits per heavy atom.